The molecule has 2 heterocycles. The Morgan fingerprint density at radius 2 is 1.65 bits per heavy atom. The van der Waals surface area contributed by atoms with Crippen LogP contribution in [0.1, 0.15) is 51.7 Å². The number of benzene rings is 2. The van der Waals surface area contributed by atoms with Gasteiger partial charge < -0.3 is 19.9 Å². The number of allylic oxidation sites excluding steroid dienone is 2. The Hall–Kier alpha value is -4.27. The van der Waals surface area contributed by atoms with E-state index in [0.717, 1.165) is 11.3 Å². The van der Waals surface area contributed by atoms with Gasteiger partial charge in [-0.15, -0.1) is 0 Å². The average molecular weight is 461 g/mol. The van der Waals surface area contributed by atoms with Crippen LogP contribution in [0.4, 0.5) is 5.82 Å². The first-order valence-corrected chi connectivity index (χ1v) is 10.8. The Morgan fingerprint density at radius 3 is 2.32 bits per heavy atom. The highest BCUT2D eigenvalue weighted by Crippen LogP contribution is 2.47. The van der Waals surface area contributed by atoms with E-state index in [1.807, 2.05) is 18.2 Å². The summed E-state index contributed by atoms with van der Waals surface area (Å²) in [5, 5.41) is 18.0. The number of rotatable bonds is 5. The number of anilines is 1. The number of Topliss-reactive ketones (excluding diaryl/α,β-unsaturated/α-hetero) is 1. The van der Waals surface area contributed by atoms with Crippen molar-refractivity contribution >= 4 is 17.6 Å². The smallest absolute Gasteiger partial charge is 0.335 e. The Labute approximate surface area is 194 Å². The predicted molar refractivity (Wildman–Crippen MR) is 124 cm³/mol. The van der Waals surface area contributed by atoms with Gasteiger partial charge in [-0.05, 0) is 47.7 Å². The van der Waals surface area contributed by atoms with Crippen molar-refractivity contribution in [1.82, 2.24) is 10.2 Å². The van der Waals surface area contributed by atoms with Crippen molar-refractivity contribution in [2.24, 2.45) is 0 Å². The van der Waals surface area contributed by atoms with Crippen LogP contribution in [0.25, 0.3) is 0 Å². The quantitative estimate of drug-likeness (QED) is 0.458. The molecule has 2 aromatic carbocycles. The number of ether oxygens (including phenoxy) is 2. The maximum Gasteiger partial charge on any atom is 0.335 e. The zero-order valence-corrected chi connectivity index (χ0v) is 18.6. The molecule has 2 aliphatic rings. The molecule has 2 atom stereocenters. The number of aromatic nitrogens is 2. The van der Waals surface area contributed by atoms with E-state index in [1.54, 1.807) is 26.4 Å². The van der Waals surface area contributed by atoms with Gasteiger partial charge in [0.2, 0.25) is 0 Å². The van der Waals surface area contributed by atoms with Crippen LogP contribution in [0.5, 0.6) is 11.5 Å². The SMILES string of the molecule is COc1ccc([C@@H]2CC(=O)C3=C(C2)Nc2[nH][nH]c(=O)c2[C@H]3c2ccc(C(=O)O)cc2)cc1OC. The normalized spacial score (nSPS) is 19.2. The van der Waals surface area contributed by atoms with Crippen molar-refractivity contribution in [3.63, 3.8) is 0 Å². The minimum atomic E-state index is -1.04. The molecule has 1 aliphatic heterocycles. The van der Waals surface area contributed by atoms with Crippen LogP contribution in [0, 0.1) is 0 Å². The molecular formula is C25H23N3O6. The number of carboxylic acid groups (broad SMARTS) is 1. The van der Waals surface area contributed by atoms with Crippen molar-refractivity contribution in [2.75, 3.05) is 19.5 Å². The maximum absolute atomic E-state index is 13.5. The van der Waals surface area contributed by atoms with Gasteiger partial charge in [-0.25, -0.2) is 4.79 Å². The standard InChI is InChI=1S/C25H23N3O6/c1-33-18-8-7-14(11-19(18)34-2)15-9-16-21(17(29)10-15)20(22-23(26-16)27-28-24(22)30)12-3-5-13(6-4-12)25(31)32/h3-8,11,15,20H,9-10H2,1-2H3,(H,31,32)(H3,26,27,28,30)/t15-,20-/m0/s1. The Kier molecular flexibility index (Phi) is 5.24. The van der Waals surface area contributed by atoms with Gasteiger partial charge in [0, 0.05) is 23.6 Å². The minimum absolute atomic E-state index is 0.0629. The second-order valence-electron chi connectivity index (χ2n) is 8.39. The van der Waals surface area contributed by atoms with E-state index in [1.165, 1.54) is 12.1 Å². The van der Waals surface area contributed by atoms with Gasteiger partial charge in [-0.3, -0.25) is 19.8 Å². The van der Waals surface area contributed by atoms with Crippen molar-refractivity contribution < 1.29 is 24.2 Å². The molecule has 4 N–H and O–H groups in total. The van der Waals surface area contributed by atoms with Crippen LogP contribution < -0.4 is 20.3 Å². The van der Waals surface area contributed by atoms with Gasteiger partial charge in [0.25, 0.3) is 5.56 Å². The lowest BCUT2D eigenvalue weighted by molar-refractivity contribution is -0.116. The molecule has 1 aromatic heterocycles. The molecule has 0 spiro atoms. The Morgan fingerprint density at radius 1 is 0.941 bits per heavy atom. The molecule has 1 aliphatic carbocycles. The van der Waals surface area contributed by atoms with Gasteiger partial charge in [0.05, 0.1) is 25.3 Å². The van der Waals surface area contributed by atoms with Gasteiger partial charge >= 0.3 is 5.97 Å². The predicted octanol–water partition coefficient (Wildman–Crippen LogP) is 3.38. The molecule has 0 fully saturated rings. The third-order valence-corrected chi connectivity index (χ3v) is 6.55. The van der Waals surface area contributed by atoms with E-state index in [9.17, 15) is 19.5 Å². The van der Waals surface area contributed by atoms with Gasteiger partial charge in [0.15, 0.2) is 17.3 Å². The number of ketones is 1. The summed E-state index contributed by atoms with van der Waals surface area (Å²) in [6.45, 7) is 0. The van der Waals surface area contributed by atoms with E-state index in [4.69, 9.17) is 9.47 Å². The third kappa shape index (κ3) is 3.45. The summed E-state index contributed by atoms with van der Waals surface area (Å²) < 4.78 is 10.8. The van der Waals surface area contributed by atoms with Crippen molar-refractivity contribution in [2.45, 2.75) is 24.7 Å². The first kappa shape index (κ1) is 21.6. The summed E-state index contributed by atoms with van der Waals surface area (Å²) in [6.07, 6.45) is 0.838. The summed E-state index contributed by atoms with van der Waals surface area (Å²) in [5.41, 5.74) is 3.15. The molecule has 0 saturated carbocycles. The van der Waals surface area contributed by atoms with E-state index in [-0.39, 0.29) is 29.2 Å². The topological polar surface area (TPSA) is 134 Å². The van der Waals surface area contributed by atoms with Crippen molar-refractivity contribution in [3.05, 3.63) is 86.3 Å². The lowest BCUT2D eigenvalue weighted by atomic mass is 9.72. The zero-order chi connectivity index (χ0) is 24.0. The van der Waals surface area contributed by atoms with E-state index >= 15 is 0 Å². The van der Waals surface area contributed by atoms with E-state index < -0.39 is 11.9 Å². The van der Waals surface area contributed by atoms with Crippen LogP contribution in [0.2, 0.25) is 0 Å². The lowest BCUT2D eigenvalue weighted by Crippen LogP contribution is -2.31. The number of aromatic carboxylic acids is 1. The molecule has 174 valence electrons. The van der Waals surface area contributed by atoms with Crippen LogP contribution in [-0.4, -0.2) is 41.3 Å². The number of hydrogen-bond acceptors (Lipinski definition) is 6. The molecule has 5 rings (SSSR count). The molecular weight excluding hydrogens is 438 g/mol. The number of aromatic amines is 2. The fraction of sp³-hybridized carbons (Fsp3) is 0.240. The largest absolute Gasteiger partial charge is 0.493 e. The average Bonchev–Trinajstić information content (AvgIpc) is 3.22. The van der Waals surface area contributed by atoms with Crippen LogP contribution >= 0.6 is 0 Å². The van der Waals surface area contributed by atoms with Crippen LogP contribution in [-0.2, 0) is 4.79 Å². The highest BCUT2D eigenvalue weighted by Gasteiger charge is 2.40. The van der Waals surface area contributed by atoms with Gasteiger partial charge in [-0.1, -0.05) is 18.2 Å². The molecule has 0 saturated heterocycles. The van der Waals surface area contributed by atoms with Gasteiger partial charge in [-0.2, -0.15) is 0 Å². The molecule has 0 amide bonds. The third-order valence-electron chi connectivity index (χ3n) is 6.55. The fourth-order valence-electron chi connectivity index (χ4n) is 4.91. The summed E-state index contributed by atoms with van der Waals surface area (Å²) in [4.78, 5) is 37.4. The van der Waals surface area contributed by atoms with Crippen molar-refractivity contribution in [1.29, 1.82) is 0 Å². The Balaban J connectivity index is 1.57. The monoisotopic (exact) mass is 461 g/mol. The molecule has 34 heavy (non-hydrogen) atoms. The second kappa shape index (κ2) is 8.26. The molecule has 9 heteroatoms. The molecule has 0 unspecified atom stereocenters. The fourth-order valence-corrected chi connectivity index (χ4v) is 4.91. The number of carbonyl (C=O) groups is 2. The van der Waals surface area contributed by atoms with Gasteiger partial charge in [0.1, 0.15) is 5.82 Å². The number of fused-ring (bicyclic) bond motifs is 1. The molecule has 9 nitrogen and oxygen atoms in total. The lowest BCUT2D eigenvalue weighted by Gasteiger charge is -2.34. The Bertz CT molecular complexity index is 1380. The molecule has 3 aromatic rings. The number of hydrogen-bond donors (Lipinski definition) is 4. The summed E-state index contributed by atoms with van der Waals surface area (Å²) in [5.74, 6) is -0.0582. The number of nitrogens with one attached hydrogen (secondary N) is 3. The minimum Gasteiger partial charge on any atom is -0.493 e. The number of carboxylic acids is 1. The molecule has 0 bridgehead atoms. The van der Waals surface area contributed by atoms with E-state index in [2.05, 4.69) is 15.5 Å². The summed E-state index contributed by atoms with van der Waals surface area (Å²) in [7, 11) is 3.14. The zero-order valence-electron chi connectivity index (χ0n) is 18.6. The van der Waals surface area contributed by atoms with Crippen LogP contribution in [0.15, 0.2) is 58.5 Å². The van der Waals surface area contributed by atoms with E-state index in [0.29, 0.717) is 40.4 Å². The molecule has 0 radical (unpaired) electrons. The maximum atomic E-state index is 13.5. The second-order valence-corrected chi connectivity index (χ2v) is 8.39. The highest BCUT2D eigenvalue weighted by atomic mass is 16.5. The number of carbonyl (C=O) groups excluding carboxylic acids is 1. The first-order chi connectivity index (χ1) is 16.4. The highest BCUT2D eigenvalue weighted by molar-refractivity contribution is 6.01. The van der Waals surface area contributed by atoms with Crippen molar-refractivity contribution in [3.8, 4) is 11.5 Å². The first-order valence-electron chi connectivity index (χ1n) is 10.8. The van der Waals surface area contributed by atoms with Crippen LogP contribution in [0.3, 0.4) is 0 Å². The summed E-state index contributed by atoms with van der Waals surface area (Å²) >= 11 is 0. The number of H-pyrrole nitrogens is 2. The summed E-state index contributed by atoms with van der Waals surface area (Å²) in [6, 6.07) is 11.9. The number of methoxy groups -OCH3 is 2.